The van der Waals surface area contributed by atoms with Gasteiger partial charge in [0.15, 0.2) is 0 Å². The number of hydrogen-bond donors (Lipinski definition) is 0. The Morgan fingerprint density at radius 2 is 1.82 bits per heavy atom. The summed E-state index contributed by atoms with van der Waals surface area (Å²) in [6, 6.07) is 9.80. The van der Waals surface area contributed by atoms with Crippen LogP contribution in [0, 0.1) is 17.3 Å². The Labute approximate surface area is 133 Å². The molecule has 1 aromatic rings. The summed E-state index contributed by atoms with van der Waals surface area (Å²) in [4.78, 5) is 27.1. The molecule has 1 saturated heterocycles. The second kappa shape index (κ2) is 6.23. The van der Waals surface area contributed by atoms with Gasteiger partial charge in [-0.2, -0.15) is 0 Å². The van der Waals surface area contributed by atoms with Gasteiger partial charge in [0.1, 0.15) is 0 Å². The molecule has 1 heterocycles. The predicted molar refractivity (Wildman–Crippen MR) is 88.1 cm³/mol. The molecule has 2 rings (SSSR count). The van der Waals surface area contributed by atoms with Gasteiger partial charge >= 0.3 is 0 Å². The van der Waals surface area contributed by atoms with Crippen molar-refractivity contribution in [3.05, 3.63) is 35.9 Å². The van der Waals surface area contributed by atoms with Gasteiger partial charge in [0, 0.05) is 11.3 Å². The second-order valence-electron chi connectivity index (χ2n) is 7.75. The largest absolute Gasteiger partial charge is 0.274 e. The van der Waals surface area contributed by atoms with Gasteiger partial charge in [-0.25, -0.2) is 0 Å². The molecular weight excluding hydrogens is 274 g/mol. The van der Waals surface area contributed by atoms with E-state index in [1.54, 1.807) is 0 Å². The van der Waals surface area contributed by atoms with Gasteiger partial charge in [0.25, 0.3) is 0 Å². The maximum absolute atomic E-state index is 12.8. The highest BCUT2D eigenvalue weighted by Crippen LogP contribution is 2.41. The quantitative estimate of drug-likeness (QED) is 0.839. The van der Waals surface area contributed by atoms with E-state index >= 15 is 0 Å². The fourth-order valence-corrected chi connectivity index (χ4v) is 3.16. The molecule has 0 bridgehead atoms. The lowest BCUT2D eigenvalue weighted by atomic mass is 9.92. The number of hydrogen-bond acceptors (Lipinski definition) is 2. The van der Waals surface area contributed by atoms with E-state index in [9.17, 15) is 9.59 Å². The maximum Gasteiger partial charge on any atom is 0.235 e. The minimum absolute atomic E-state index is 0.00229. The van der Waals surface area contributed by atoms with Crippen molar-refractivity contribution < 1.29 is 9.59 Å². The molecule has 3 nitrogen and oxygen atoms in total. The Balaban J connectivity index is 2.36. The maximum atomic E-state index is 12.8. The topological polar surface area (TPSA) is 37.4 Å². The molecule has 2 atom stereocenters. The third kappa shape index (κ3) is 3.40. The average molecular weight is 301 g/mol. The van der Waals surface area contributed by atoms with Gasteiger partial charge in [0.2, 0.25) is 11.8 Å². The highest BCUT2D eigenvalue weighted by atomic mass is 16.2. The number of imide groups is 1. The molecule has 0 N–H and O–H groups in total. The zero-order valence-corrected chi connectivity index (χ0v) is 14.3. The average Bonchev–Trinajstić information content (AvgIpc) is 2.74. The number of carbonyl (C=O) groups excluding carboxylic acids is 2. The van der Waals surface area contributed by atoms with Crippen molar-refractivity contribution in [1.82, 2.24) is 4.90 Å². The van der Waals surface area contributed by atoms with Gasteiger partial charge in [0.05, 0.1) is 6.04 Å². The van der Waals surface area contributed by atoms with Crippen LogP contribution >= 0.6 is 0 Å². The van der Waals surface area contributed by atoms with Crippen LogP contribution in [0.25, 0.3) is 0 Å². The molecule has 2 amide bonds. The molecule has 1 aliphatic heterocycles. The minimum atomic E-state index is -0.546. The zero-order chi connectivity index (χ0) is 16.5. The molecule has 0 aliphatic carbocycles. The molecule has 1 aliphatic rings. The molecule has 0 spiro atoms. The van der Waals surface area contributed by atoms with Crippen LogP contribution in [0.2, 0.25) is 0 Å². The monoisotopic (exact) mass is 301 g/mol. The van der Waals surface area contributed by atoms with Crippen LogP contribution in [0.15, 0.2) is 30.3 Å². The van der Waals surface area contributed by atoms with Crippen LogP contribution in [-0.2, 0) is 9.59 Å². The van der Waals surface area contributed by atoms with Crippen LogP contribution < -0.4 is 0 Å². The van der Waals surface area contributed by atoms with Crippen molar-refractivity contribution in [2.75, 3.05) is 0 Å². The molecule has 0 aromatic heterocycles. The van der Waals surface area contributed by atoms with Gasteiger partial charge in [-0.15, -0.1) is 0 Å². The lowest BCUT2D eigenvalue weighted by Crippen LogP contribution is -2.42. The number of benzene rings is 1. The van der Waals surface area contributed by atoms with E-state index in [1.165, 1.54) is 4.90 Å². The standard InChI is InChI=1S/C19H27NO2/c1-13(2)11-15-12-16(14-9-7-6-8-10-14)20(17(15)21)18(22)19(3,4)5/h6-10,13,15-16H,11-12H2,1-5H3/t15-,16-/m0/s1. The molecule has 0 saturated carbocycles. The van der Waals surface area contributed by atoms with E-state index in [2.05, 4.69) is 13.8 Å². The fourth-order valence-electron chi connectivity index (χ4n) is 3.16. The molecule has 22 heavy (non-hydrogen) atoms. The van der Waals surface area contributed by atoms with Crippen molar-refractivity contribution in [2.45, 2.75) is 53.5 Å². The van der Waals surface area contributed by atoms with E-state index in [-0.39, 0.29) is 23.8 Å². The number of amides is 2. The van der Waals surface area contributed by atoms with Gasteiger partial charge in [-0.3, -0.25) is 14.5 Å². The summed E-state index contributed by atoms with van der Waals surface area (Å²) in [6.45, 7) is 9.87. The van der Waals surface area contributed by atoms with E-state index in [1.807, 2.05) is 51.1 Å². The third-order valence-corrected chi connectivity index (χ3v) is 4.21. The third-order valence-electron chi connectivity index (χ3n) is 4.21. The van der Waals surface area contributed by atoms with Gasteiger partial charge in [-0.05, 0) is 24.3 Å². The normalized spacial score (nSPS) is 22.5. The molecular formula is C19H27NO2. The highest BCUT2D eigenvalue weighted by Gasteiger charge is 2.46. The van der Waals surface area contributed by atoms with Crippen LogP contribution in [0.1, 0.15) is 59.1 Å². The van der Waals surface area contributed by atoms with Crippen LogP contribution in [0.4, 0.5) is 0 Å². The van der Waals surface area contributed by atoms with Crippen LogP contribution in [-0.4, -0.2) is 16.7 Å². The van der Waals surface area contributed by atoms with Crippen molar-refractivity contribution in [3.8, 4) is 0 Å². The van der Waals surface area contributed by atoms with E-state index in [4.69, 9.17) is 0 Å². The minimum Gasteiger partial charge on any atom is -0.274 e. The first-order valence-corrected chi connectivity index (χ1v) is 8.14. The van der Waals surface area contributed by atoms with Crippen molar-refractivity contribution in [2.24, 2.45) is 17.3 Å². The Bertz CT molecular complexity index is 542. The summed E-state index contributed by atoms with van der Waals surface area (Å²) < 4.78 is 0. The number of rotatable bonds is 3. The molecule has 1 fully saturated rings. The Hall–Kier alpha value is -1.64. The van der Waals surface area contributed by atoms with E-state index in [0.29, 0.717) is 5.92 Å². The van der Waals surface area contributed by atoms with Gasteiger partial charge < -0.3 is 0 Å². The summed E-state index contributed by atoms with van der Waals surface area (Å²) >= 11 is 0. The lowest BCUT2D eigenvalue weighted by Gasteiger charge is -2.29. The first kappa shape index (κ1) is 16.7. The number of nitrogens with zero attached hydrogens (tertiary/aromatic N) is 1. The highest BCUT2D eigenvalue weighted by molar-refractivity contribution is 6.00. The summed E-state index contributed by atoms with van der Waals surface area (Å²) in [6.07, 6.45) is 1.58. The second-order valence-corrected chi connectivity index (χ2v) is 7.75. The summed E-state index contributed by atoms with van der Waals surface area (Å²) in [7, 11) is 0. The lowest BCUT2D eigenvalue weighted by molar-refractivity contribution is -0.151. The first-order valence-electron chi connectivity index (χ1n) is 8.14. The summed E-state index contributed by atoms with van der Waals surface area (Å²) in [5.41, 5.74) is 0.509. The predicted octanol–water partition coefficient (Wildman–Crippen LogP) is 4.20. The molecule has 0 unspecified atom stereocenters. The number of carbonyl (C=O) groups is 2. The fraction of sp³-hybridized carbons (Fsp3) is 0.579. The molecule has 3 heteroatoms. The Kier molecular flexibility index (Phi) is 4.74. The zero-order valence-electron chi connectivity index (χ0n) is 14.3. The summed E-state index contributed by atoms with van der Waals surface area (Å²) in [5, 5.41) is 0. The molecule has 1 aromatic carbocycles. The van der Waals surface area contributed by atoms with Gasteiger partial charge in [-0.1, -0.05) is 65.0 Å². The Morgan fingerprint density at radius 3 is 2.32 bits per heavy atom. The summed E-state index contributed by atoms with van der Waals surface area (Å²) in [5.74, 6) is 0.339. The van der Waals surface area contributed by atoms with Crippen molar-refractivity contribution >= 4 is 11.8 Å². The molecule has 120 valence electrons. The van der Waals surface area contributed by atoms with Crippen LogP contribution in [0.5, 0.6) is 0 Å². The van der Waals surface area contributed by atoms with E-state index in [0.717, 1.165) is 18.4 Å². The van der Waals surface area contributed by atoms with Crippen molar-refractivity contribution in [1.29, 1.82) is 0 Å². The van der Waals surface area contributed by atoms with Crippen molar-refractivity contribution in [3.63, 3.8) is 0 Å². The van der Waals surface area contributed by atoms with E-state index < -0.39 is 5.41 Å². The molecule has 0 radical (unpaired) electrons. The van der Waals surface area contributed by atoms with Crippen LogP contribution in [0.3, 0.4) is 0 Å². The SMILES string of the molecule is CC(C)C[C@H]1C[C@@H](c2ccccc2)N(C(=O)C(C)(C)C)C1=O. The first-order chi connectivity index (χ1) is 10.2. The Morgan fingerprint density at radius 1 is 1.23 bits per heavy atom. The number of likely N-dealkylation sites (tertiary alicyclic amines) is 1. The smallest absolute Gasteiger partial charge is 0.235 e.